The summed E-state index contributed by atoms with van der Waals surface area (Å²) in [7, 11) is 0. The van der Waals surface area contributed by atoms with E-state index in [0.717, 1.165) is 0 Å². The highest BCUT2D eigenvalue weighted by atomic mass is 19.1. The molecule has 0 fully saturated rings. The summed E-state index contributed by atoms with van der Waals surface area (Å²) in [5.74, 6) is 0. The van der Waals surface area contributed by atoms with E-state index in [0.29, 0.717) is 11.3 Å². The van der Waals surface area contributed by atoms with Crippen molar-refractivity contribution in [3.8, 4) is 0 Å². The lowest BCUT2D eigenvalue weighted by atomic mass is 10.0. The first kappa shape index (κ1) is 8.05. The van der Waals surface area contributed by atoms with Crippen LogP contribution in [0, 0.1) is 0 Å². The Morgan fingerprint density at radius 1 is 1.27 bits per heavy atom. The molecule has 0 aromatic heterocycles. The van der Waals surface area contributed by atoms with E-state index < -0.39 is 5.67 Å². The van der Waals surface area contributed by atoms with E-state index in [4.69, 9.17) is 5.73 Å². The second kappa shape index (κ2) is 2.53. The third-order valence-corrected chi connectivity index (χ3v) is 1.60. The first-order valence-electron chi connectivity index (χ1n) is 3.55. The number of alkyl halides is 1. The summed E-state index contributed by atoms with van der Waals surface area (Å²) in [6, 6.07) is 6.82. The van der Waals surface area contributed by atoms with Crippen LogP contribution in [-0.2, 0) is 5.67 Å². The molecular formula is C9H14FN. The van der Waals surface area contributed by atoms with Crippen LogP contribution in [0.2, 0.25) is 0 Å². The maximum atomic E-state index is 13.2. The molecule has 1 rings (SSSR count). The molecule has 1 aromatic carbocycles. The fraction of sp³-hybridized carbons (Fsp3) is 0.333. The van der Waals surface area contributed by atoms with Crippen LogP contribution in [0.3, 0.4) is 0 Å². The van der Waals surface area contributed by atoms with Crippen molar-refractivity contribution in [2.24, 2.45) is 0 Å². The molecule has 0 saturated carbocycles. The first-order valence-corrected chi connectivity index (χ1v) is 3.55. The van der Waals surface area contributed by atoms with Crippen molar-refractivity contribution in [3.63, 3.8) is 0 Å². The summed E-state index contributed by atoms with van der Waals surface area (Å²) in [5, 5.41) is 0. The fourth-order valence-electron chi connectivity index (χ4n) is 0.879. The summed E-state index contributed by atoms with van der Waals surface area (Å²) in [6.45, 7) is 3.05. The molecule has 0 aliphatic rings. The molecule has 0 bridgehead atoms. The molecule has 0 radical (unpaired) electrons. The van der Waals surface area contributed by atoms with Crippen molar-refractivity contribution in [2.75, 3.05) is 5.73 Å². The van der Waals surface area contributed by atoms with Crippen molar-refractivity contribution in [1.29, 1.82) is 0 Å². The zero-order valence-electron chi connectivity index (χ0n) is 6.76. The van der Waals surface area contributed by atoms with E-state index in [1.54, 1.807) is 24.3 Å². The van der Waals surface area contributed by atoms with Crippen LogP contribution >= 0.6 is 0 Å². The summed E-state index contributed by atoms with van der Waals surface area (Å²) in [6.07, 6.45) is 0. The number of nitrogen functional groups attached to an aromatic ring is 1. The first-order chi connectivity index (χ1) is 5.00. The van der Waals surface area contributed by atoms with Crippen LogP contribution in [-0.4, -0.2) is 0 Å². The van der Waals surface area contributed by atoms with Crippen LogP contribution in [0.15, 0.2) is 24.3 Å². The van der Waals surface area contributed by atoms with Gasteiger partial charge in [0.1, 0.15) is 5.67 Å². The van der Waals surface area contributed by atoms with E-state index in [-0.39, 0.29) is 1.43 Å². The van der Waals surface area contributed by atoms with E-state index in [9.17, 15) is 4.39 Å². The molecule has 0 saturated heterocycles. The largest absolute Gasteiger partial charge is 0.399 e. The van der Waals surface area contributed by atoms with Crippen LogP contribution < -0.4 is 5.73 Å². The molecule has 0 aliphatic carbocycles. The van der Waals surface area contributed by atoms with Crippen molar-refractivity contribution in [1.82, 2.24) is 0 Å². The van der Waals surface area contributed by atoms with Gasteiger partial charge in [-0.05, 0) is 31.5 Å². The predicted octanol–water partition coefficient (Wildman–Crippen LogP) is 2.72. The predicted molar refractivity (Wildman–Crippen MR) is 47.1 cm³/mol. The van der Waals surface area contributed by atoms with Gasteiger partial charge in [-0.25, -0.2) is 4.39 Å². The Morgan fingerprint density at radius 3 is 2.09 bits per heavy atom. The Hall–Kier alpha value is -1.05. The second-order valence-corrected chi connectivity index (χ2v) is 3.09. The van der Waals surface area contributed by atoms with Crippen molar-refractivity contribution < 1.29 is 5.82 Å². The normalized spacial score (nSPS) is 11.5. The van der Waals surface area contributed by atoms with Crippen LogP contribution in [0.25, 0.3) is 0 Å². The minimum absolute atomic E-state index is 0. The summed E-state index contributed by atoms with van der Waals surface area (Å²) >= 11 is 0. The summed E-state index contributed by atoms with van der Waals surface area (Å²) in [5.41, 5.74) is 5.50. The molecular weight excluding hydrogens is 141 g/mol. The maximum Gasteiger partial charge on any atom is 0.130 e. The maximum absolute atomic E-state index is 13.2. The number of hydrogen-bond donors (Lipinski definition) is 1. The van der Waals surface area contributed by atoms with Crippen molar-refractivity contribution in [3.05, 3.63) is 29.8 Å². The second-order valence-electron chi connectivity index (χ2n) is 3.09. The van der Waals surface area contributed by atoms with Crippen molar-refractivity contribution in [2.45, 2.75) is 19.5 Å². The quantitative estimate of drug-likeness (QED) is 0.620. The van der Waals surface area contributed by atoms with Crippen LogP contribution in [0.4, 0.5) is 10.1 Å². The highest BCUT2D eigenvalue weighted by Gasteiger charge is 2.17. The number of anilines is 1. The Balaban J connectivity index is 0.00000121. The topological polar surface area (TPSA) is 26.0 Å². The average molecular weight is 155 g/mol. The van der Waals surface area contributed by atoms with E-state index >= 15 is 0 Å². The van der Waals surface area contributed by atoms with Gasteiger partial charge in [-0.3, -0.25) is 0 Å². The van der Waals surface area contributed by atoms with Gasteiger partial charge in [-0.2, -0.15) is 0 Å². The van der Waals surface area contributed by atoms with E-state index in [2.05, 4.69) is 0 Å². The average Bonchev–Trinajstić information content (AvgIpc) is 1.86. The lowest BCUT2D eigenvalue weighted by Gasteiger charge is -2.13. The highest BCUT2D eigenvalue weighted by molar-refractivity contribution is 5.40. The molecule has 0 atom stereocenters. The van der Waals surface area contributed by atoms with Gasteiger partial charge in [0, 0.05) is 7.11 Å². The Kier molecular flexibility index (Phi) is 1.85. The molecule has 0 heterocycles. The van der Waals surface area contributed by atoms with Gasteiger partial charge in [-0.15, -0.1) is 0 Å². The number of hydrogen-bond acceptors (Lipinski definition) is 1. The standard InChI is InChI=1S/C9H12FN.H2/c1-9(2,10)7-3-5-8(11)6-4-7;/h3-6H,11H2,1-2H3;1H. The minimum Gasteiger partial charge on any atom is -0.399 e. The third kappa shape index (κ3) is 1.93. The zero-order valence-corrected chi connectivity index (χ0v) is 6.76. The number of halogens is 1. The summed E-state index contributed by atoms with van der Waals surface area (Å²) in [4.78, 5) is 0. The molecule has 0 unspecified atom stereocenters. The van der Waals surface area contributed by atoms with Crippen LogP contribution in [0.5, 0.6) is 0 Å². The fourth-order valence-corrected chi connectivity index (χ4v) is 0.879. The lowest BCUT2D eigenvalue weighted by molar-refractivity contribution is 0.221. The Morgan fingerprint density at radius 2 is 1.73 bits per heavy atom. The van der Waals surface area contributed by atoms with Gasteiger partial charge in [0.15, 0.2) is 0 Å². The van der Waals surface area contributed by atoms with Gasteiger partial charge in [-0.1, -0.05) is 12.1 Å². The van der Waals surface area contributed by atoms with Gasteiger partial charge >= 0.3 is 0 Å². The SMILES string of the molecule is CC(C)(F)c1ccc(N)cc1.[HH]. The molecule has 1 nitrogen and oxygen atoms in total. The third-order valence-electron chi connectivity index (χ3n) is 1.60. The smallest absolute Gasteiger partial charge is 0.130 e. The Bertz CT molecular complexity index is 238. The van der Waals surface area contributed by atoms with Gasteiger partial charge in [0.25, 0.3) is 0 Å². The molecule has 0 spiro atoms. The van der Waals surface area contributed by atoms with Crippen LogP contribution in [0.1, 0.15) is 20.8 Å². The molecule has 62 valence electrons. The van der Waals surface area contributed by atoms with Gasteiger partial charge < -0.3 is 5.73 Å². The molecule has 11 heavy (non-hydrogen) atoms. The zero-order chi connectivity index (χ0) is 8.48. The molecule has 0 amide bonds. The van der Waals surface area contributed by atoms with Gasteiger partial charge in [0.2, 0.25) is 0 Å². The lowest BCUT2D eigenvalue weighted by Crippen LogP contribution is -2.08. The highest BCUT2D eigenvalue weighted by Crippen LogP contribution is 2.24. The van der Waals surface area contributed by atoms with E-state index in [1.807, 2.05) is 0 Å². The van der Waals surface area contributed by atoms with Crippen molar-refractivity contribution >= 4 is 5.69 Å². The Labute approximate surface area is 67.5 Å². The molecule has 1 aromatic rings. The molecule has 2 heteroatoms. The monoisotopic (exact) mass is 155 g/mol. The minimum atomic E-state index is -1.27. The number of benzene rings is 1. The number of rotatable bonds is 1. The molecule has 0 aliphatic heterocycles. The van der Waals surface area contributed by atoms with E-state index in [1.165, 1.54) is 13.8 Å². The number of nitrogens with two attached hydrogens (primary N) is 1. The summed E-state index contributed by atoms with van der Waals surface area (Å²) < 4.78 is 13.2. The van der Waals surface area contributed by atoms with Gasteiger partial charge in [0.05, 0.1) is 0 Å². The molecule has 2 N–H and O–H groups in total.